The van der Waals surface area contributed by atoms with Gasteiger partial charge in [0.05, 0.1) is 29.1 Å². The number of hydrogen-bond acceptors (Lipinski definition) is 5. The molecule has 0 saturated carbocycles. The zero-order valence-electron chi connectivity index (χ0n) is 12.7. The van der Waals surface area contributed by atoms with Crippen LogP contribution >= 0.6 is 38.5 Å². The number of benzene rings is 1. The fourth-order valence-corrected chi connectivity index (χ4v) is 3.48. The van der Waals surface area contributed by atoms with Gasteiger partial charge in [0, 0.05) is 16.7 Å². The van der Waals surface area contributed by atoms with Gasteiger partial charge in [-0.1, -0.05) is 6.08 Å². The van der Waals surface area contributed by atoms with Crippen molar-refractivity contribution < 1.29 is 23.5 Å². The van der Waals surface area contributed by atoms with E-state index in [0.29, 0.717) is 13.7 Å². The van der Waals surface area contributed by atoms with E-state index in [1.807, 2.05) is 22.6 Å². The summed E-state index contributed by atoms with van der Waals surface area (Å²) in [4.78, 5) is 25.7. The molecule has 1 heterocycles. The van der Waals surface area contributed by atoms with Gasteiger partial charge in [-0.25, -0.2) is 14.0 Å². The van der Waals surface area contributed by atoms with Crippen molar-refractivity contribution in [3.05, 3.63) is 61.7 Å². The first-order chi connectivity index (χ1) is 11.4. The number of allylic oxidation sites excluding steroid dienone is 2. The first kappa shape index (κ1) is 18.7. The number of hydrogen-bond donors (Lipinski definition) is 0. The molecule has 0 atom stereocenters. The van der Waals surface area contributed by atoms with Crippen molar-refractivity contribution in [1.29, 1.82) is 0 Å². The maximum absolute atomic E-state index is 14.0. The first-order valence-electron chi connectivity index (χ1n) is 6.60. The third-order valence-corrected chi connectivity index (χ3v) is 4.60. The van der Waals surface area contributed by atoms with Crippen LogP contribution in [0.2, 0.25) is 0 Å². The van der Waals surface area contributed by atoms with Crippen LogP contribution in [-0.2, 0) is 19.1 Å². The predicted octanol–water partition coefficient (Wildman–Crippen LogP) is 3.68. The van der Waals surface area contributed by atoms with Crippen molar-refractivity contribution in [3.8, 4) is 0 Å². The van der Waals surface area contributed by atoms with E-state index in [1.54, 1.807) is 18.2 Å². The van der Waals surface area contributed by atoms with E-state index in [1.165, 1.54) is 37.5 Å². The monoisotopic (exact) mass is 507 g/mol. The molecule has 5 nitrogen and oxygen atoms in total. The Labute approximate surface area is 160 Å². The van der Waals surface area contributed by atoms with E-state index in [-0.39, 0.29) is 11.3 Å². The average molecular weight is 508 g/mol. The van der Waals surface area contributed by atoms with Crippen molar-refractivity contribution in [3.63, 3.8) is 0 Å². The quantitative estimate of drug-likeness (QED) is 0.355. The summed E-state index contributed by atoms with van der Waals surface area (Å²) in [6, 6.07) is 2.84. The van der Waals surface area contributed by atoms with E-state index < -0.39 is 17.8 Å². The normalized spacial score (nSPS) is 13.8. The second kappa shape index (κ2) is 7.93. The predicted molar refractivity (Wildman–Crippen MR) is 98.6 cm³/mol. The lowest BCUT2D eigenvalue weighted by Crippen LogP contribution is -2.27. The number of nitrogens with zero attached hydrogens (tertiary/aromatic N) is 1. The highest BCUT2D eigenvalue weighted by Crippen LogP contribution is 2.34. The zero-order chi connectivity index (χ0) is 17.9. The molecular weight excluding hydrogens is 496 g/mol. The number of carbonyl (C=O) groups excluding carboxylic acids is 2. The molecule has 0 radical (unpaired) electrons. The Hall–Kier alpha value is -1.68. The third-order valence-electron chi connectivity index (χ3n) is 3.14. The van der Waals surface area contributed by atoms with Crippen molar-refractivity contribution in [2.75, 3.05) is 19.1 Å². The van der Waals surface area contributed by atoms with Crippen LogP contribution in [0.3, 0.4) is 0 Å². The Morgan fingerprint density at radius 3 is 2.46 bits per heavy atom. The lowest BCUT2D eigenvalue weighted by molar-refractivity contribution is -0.139. The number of esters is 2. The van der Waals surface area contributed by atoms with Crippen molar-refractivity contribution in [2.45, 2.75) is 0 Å². The second-order valence-corrected chi connectivity index (χ2v) is 6.55. The first-order valence-corrected chi connectivity index (χ1v) is 8.47. The molecule has 24 heavy (non-hydrogen) atoms. The van der Waals surface area contributed by atoms with E-state index in [9.17, 15) is 14.0 Å². The summed E-state index contributed by atoms with van der Waals surface area (Å²) in [5.41, 5.74) is 0.269. The lowest BCUT2D eigenvalue weighted by atomic mass is 10.1. The van der Waals surface area contributed by atoms with Crippen molar-refractivity contribution in [1.82, 2.24) is 0 Å². The van der Waals surface area contributed by atoms with E-state index in [4.69, 9.17) is 9.47 Å². The summed E-state index contributed by atoms with van der Waals surface area (Å²) < 4.78 is 24.5. The molecule has 0 bridgehead atoms. The van der Waals surface area contributed by atoms with Gasteiger partial charge in [0.2, 0.25) is 0 Å². The summed E-state index contributed by atoms with van der Waals surface area (Å²) >= 11 is 5.22. The third kappa shape index (κ3) is 3.69. The van der Waals surface area contributed by atoms with Crippen LogP contribution < -0.4 is 4.90 Å². The largest absolute Gasteiger partial charge is 0.465 e. The molecule has 0 saturated heterocycles. The van der Waals surface area contributed by atoms with Crippen molar-refractivity contribution in [2.24, 2.45) is 0 Å². The fourth-order valence-electron chi connectivity index (χ4n) is 2.05. The Balaban J connectivity index is 2.72. The standard InChI is InChI=1S/C16H12BrFINO4/c1-23-15(21)9-5-3-4-6-20(14(9)16(22)24-2)13-8-11(18)12(19)7-10(13)17/h3-8H,1-2H3. The SMILES string of the molecule is COC(=O)C1=C(C(=O)OC)N(c2cc(F)c(I)cc2Br)C=CC=C1. The second-order valence-electron chi connectivity index (χ2n) is 4.53. The molecule has 0 unspecified atom stereocenters. The highest BCUT2D eigenvalue weighted by atomic mass is 127. The van der Waals surface area contributed by atoms with Crippen LogP contribution in [0, 0.1) is 9.39 Å². The molecule has 0 N–H and O–H groups in total. The van der Waals surface area contributed by atoms with Crippen LogP contribution in [0.5, 0.6) is 0 Å². The Bertz CT molecular complexity index is 789. The molecule has 1 aromatic rings. The summed E-state index contributed by atoms with van der Waals surface area (Å²) in [5, 5.41) is 0. The van der Waals surface area contributed by atoms with Gasteiger partial charge in [0.15, 0.2) is 0 Å². The number of halogens is 3. The highest BCUT2D eigenvalue weighted by molar-refractivity contribution is 14.1. The van der Waals surface area contributed by atoms with Crippen LogP contribution in [0.15, 0.2) is 52.3 Å². The molecule has 8 heteroatoms. The van der Waals surface area contributed by atoms with E-state index in [2.05, 4.69) is 15.9 Å². The summed E-state index contributed by atoms with van der Waals surface area (Å²) in [7, 11) is 2.41. The molecule has 0 aliphatic carbocycles. The molecule has 1 aliphatic rings. The zero-order valence-corrected chi connectivity index (χ0v) is 16.4. The number of carbonyl (C=O) groups is 2. The molecule has 1 aromatic carbocycles. The van der Waals surface area contributed by atoms with Crippen LogP contribution in [0.4, 0.5) is 10.1 Å². The summed E-state index contributed by atoms with van der Waals surface area (Å²) in [6.45, 7) is 0. The van der Waals surface area contributed by atoms with Gasteiger partial charge in [-0.2, -0.15) is 0 Å². The smallest absolute Gasteiger partial charge is 0.355 e. The van der Waals surface area contributed by atoms with Gasteiger partial charge in [-0.05, 0) is 56.7 Å². The molecule has 1 aliphatic heterocycles. The Kier molecular flexibility index (Phi) is 6.16. The maximum atomic E-state index is 14.0. The Morgan fingerprint density at radius 2 is 1.83 bits per heavy atom. The minimum Gasteiger partial charge on any atom is -0.465 e. The van der Waals surface area contributed by atoms with Crippen LogP contribution in [-0.4, -0.2) is 26.2 Å². The molecule has 2 rings (SSSR count). The number of rotatable bonds is 3. The molecular formula is C16H12BrFINO4. The van der Waals surface area contributed by atoms with E-state index >= 15 is 0 Å². The van der Waals surface area contributed by atoms with Gasteiger partial charge >= 0.3 is 11.9 Å². The van der Waals surface area contributed by atoms with Gasteiger partial charge in [0.25, 0.3) is 0 Å². The molecule has 126 valence electrons. The summed E-state index contributed by atoms with van der Waals surface area (Å²) in [5.74, 6) is -1.91. The topological polar surface area (TPSA) is 55.8 Å². The summed E-state index contributed by atoms with van der Waals surface area (Å²) in [6.07, 6.45) is 6.16. The minimum absolute atomic E-state index is 0.000193. The number of anilines is 1. The fraction of sp³-hybridized carbons (Fsp3) is 0.125. The average Bonchev–Trinajstić information content (AvgIpc) is 2.79. The van der Waals surface area contributed by atoms with Crippen LogP contribution in [0.25, 0.3) is 0 Å². The van der Waals surface area contributed by atoms with Gasteiger partial charge < -0.3 is 14.4 Å². The highest BCUT2D eigenvalue weighted by Gasteiger charge is 2.28. The van der Waals surface area contributed by atoms with E-state index in [0.717, 1.165) is 0 Å². The molecule has 0 fully saturated rings. The van der Waals surface area contributed by atoms with Gasteiger partial charge in [-0.3, -0.25) is 0 Å². The number of ether oxygens (including phenoxy) is 2. The molecule has 0 aromatic heterocycles. The maximum Gasteiger partial charge on any atom is 0.355 e. The number of methoxy groups -OCH3 is 2. The Morgan fingerprint density at radius 1 is 1.17 bits per heavy atom. The molecule has 0 spiro atoms. The van der Waals surface area contributed by atoms with Gasteiger partial charge in [0.1, 0.15) is 11.5 Å². The minimum atomic E-state index is -0.752. The van der Waals surface area contributed by atoms with Crippen LogP contribution in [0.1, 0.15) is 0 Å². The van der Waals surface area contributed by atoms with Gasteiger partial charge in [-0.15, -0.1) is 0 Å². The molecule has 0 amide bonds. The lowest BCUT2D eigenvalue weighted by Gasteiger charge is -2.24. The van der Waals surface area contributed by atoms with Crippen molar-refractivity contribution >= 4 is 56.1 Å².